The van der Waals surface area contributed by atoms with Gasteiger partial charge in [0, 0.05) is 13.0 Å². The van der Waals surface area contributed by atoms with Crippen molar-refractivity contribution in [2.45, 2.75) is 57.3 Å². The largest absolute Gasteiger partial charge is 0.464 e. The van der Waals surface area contributed by atoms with E-state index in [2.05, 4.69) is 22.0 Å². The van der Waals surface area contributed by atoms with Gasteiger partial charge < -0.3 is 19.3 Å². The molecule has 160 valence electrons. The zero-order valence-corrected chi connectivity index (χ0v) is 17.2. The first-order valence-corrected chi connectivity index (χ1v) is 10.2. The fraction of sp³-hybridized carbons (Fsp3) is 0.800. The number of carbonyl (C=O) groups is 2. The highest BCUT2D eigenvalue weighted by Crippen LogP contribution is 2.58. The van der Waals surface area contributed by atoms with Crippen molar-refractivity contribution in [2.24, 2.45) is 23.2 Å². The van der Waals surface area contributed by atoms with Gasteiger partial charge in [0.15, 0.2) is 5.69 Å². The van der Waals surface area contributed by atoms with Gasteiger partial charge in [-0.15, -0.1) is 5.10 Å². The maximum Gasteiger partial charge on any atom is 0.360 e. The van der Waals surface area contributed by atoms with Crippen LogP contribution in [0.2, 0.25) is 0 Å². The summed E-state index contributed by atoms with van der Waals surface area (Å²) < 4.78 is 17.2. The summed E-state index contributed by atoms with van der Waals surface area (Å²) in [6.45, 7) is 2.78. The molecule has 3 aliphatic rings. The number of hydrogen-bond donors (Lipinski definition) is 1. The first-order valence-electron chi connectivity index (χ1n) is 10.2. The van der Waals surface area contributed by atoms with E-state index >= 15 is 0 Å². The predicted octanol–water partition coefficient (Wildman–Crippen LogP) is 1.20. The smallest absolute Gasteiger partial charge is 0.360 e. The van der Waals surface area contributed by atoms with Crippen molar-refractivity contribution in [3.8, 4) is 0 Å². The molecule has 4 rings (SSSR count). The summed E-state index contributed by atoms with van der Waals surface area (Å²) >= 11 is 0. The van der Waals surface area contributed by atoms with Crippen LogP contribution in [0.4, 0.5) is 0 Å². The van der Waals surface area contributed by atoms with Crippen molar-refractivity contribution in [2.75, 3.05) is 20.8 Å². The predicted molar refractivity (Wildman–Crippen MR) is 99.7 cm³/mol. The van der Waals surface area contributed by atoms with E-state index in [1.54, 1.807) is 7.11 Å². The Morgan fingerprint density at radius 1 is 1.41 bits per heavy atom. The molecule has 2 saturated carbocycles. The van der Waals surface area contributed by atoms with Crippen molar-refractivity contribution in [1.29, 1.82) is 0 Å². The molecule has 0 aromatic carbocycles. The van der Waals surface area contributed by atoms with Crippen LogP contribution in [0.25, 0.3) is 0 Å². The molecule has 2 heterocycles. The number of methoxy groups -OCH3 is 2. The molecular weight excluding hydrogens is 378 g/mol. The lowest BCUT2D eigenvalue weighted by Gasteiger charge is -2.55. The number of fused-ring (bicyclic) bond motifs is 2. The highest BCUT2D eigenvalue weighted by atomic mass is 16.6. The van der Waals surface area contributed by atoms with Gasteiger partial charge in [-0.1, -0.05) is 12.1 Å². The molecule has 0 spiro atoms. The lowest BCUT2D eigenvalue weighted by Crippen LogP contribution is -2.57. The third kappa shape index (κ3) is 3.44. The van der Waals surface area contributed by atoms with Crippen molar-refractivity contribution in [3.05, 3.63) is 11.9 Å². The minimum absolute atomic E-state index is 0.00960. The maximum absolute atomic E-state index is 12.4. The maximum atomic E-state index is 12.4. The lowest BCUT2D eigenvalue weighted by atomic mass is 9.52. The van der Waals surface area contributed by atoms with E-state index in [0.717, 1.165) is 19.3 Å². The third-order valence-corrected chi connectivity index (χ3v) is 7.30. The quantitative estimate of drug-likeness (QED) is 0.725. The van der Waals surface area contributed by atoms with Gasteiger partial charge in [-0.2, -0.15) is 0 Å². The van der Waals surface area contributed by atoms with Crippen LogP contribution in [-0.4, -0.2) is 64.6 Å². The van der Waals surface area contributed by atoms with E-state index in [4.69, 9.17) is 9.47 Å². The minimum atomic E-state index is -0.998. The lowest BCUT2D eigenvalue weighted by molar-refractivity contribution is -0.165. The average molecular weight is 407 g/mol. The van der Waals surface area contributed by atoms with Gasteiger partial charge in [0.2, 0.25) is 0 Å². The molecule has 0 bridgehead atoms. The Morgan fingerprint density at radius 2 is 2.21 bits per heavy atom. The zero-order chi connectivity index (χ0) is 20.8. The monoisotopic (exact) mass is 407 g/mol. The zero-order valence-electron chi connectivity index (χ0n) is 17.2. The number of aromatic nitrogens is 3. The summed E-state index contributed by atoms with van der Waals surface area (Å²) in [5, 5.41) is 19.6. The third-order valence-electron chi connectivity index (χ3n) is 7.30. The SMILES string of the molecule is COC[C@@H]1C(=O)O[C@@H]2C[C@@]3(C)CCC[C@](O)(Cn4cc(C(=O)OC)nn4)[C@@H]3C[C@H]12. The van der Waals surface area contributed by atoms with Gasteiger partial charge in [-0.25, -0.2) is 9.48 Å². The topological polar surface area (TPSA) is 113 Å². The molecule has 29 heavy (non-hydrogen) atoms. The number of hydrogen-bond acceptors (Lipinski definition) is 8. The van der Waals surface area contributed by atoms with Gasteiger partial charge in [0.25, 0.3) is 0 Å². The van der Waals surface area contributed by atoms with E-state index in [0.29, 0.717) is 19.4 Å². The van der Waals surface area contributed by atoms with Gasteiger partial charge in [0.1, 0.15) is 6.10 Å². The molecule has 0 amide bonds. The van der Waals surface area contributed by atoms with E-state index in [1.807, 2.05) is 0 Å². The first kappa shape index (κ1) is 20.3. The molecule has 1 aromatic heterocycles. The van der Waals surface area contributed by atoms with Crippen LogP contribution in [0.15, 0.2) is 6.20 Å². The molecular formula is C20H29N3O6. The van der Waals surface area contributed by atoms with Crippen LogP contribution in [0, 0.1) is 23.2 Å². The van der Waals surface area contributed by atoms with Crippen molar-refractivity contribution in [1.82, 2.24) is 15.0 Å². The molecule has 1 N–H and O–H groups in total. The van der Waals surface area contributed by atoms with Crippen molar-refractivity contribution < 1.29 is 28.9 Å². The highest BCUT2D eigenvalue weighted by Gasteiger charge is 2.60. The Bertz CT molecular complexity index is 797. The molecule has 9 heteroatoms. The van der Waals surface area contributed by atoms with Crippen LogP contribution in [-0.2, 0) is 25.5 Å². The Kier molecular flexibility index (Phi) is 5.14. The van der Waals surface area contributed by atoms with Crippen LogP contribution < -0.4 is 0 Å². The normalized spacial score (nSPS) is 38.8. The van der Waals surface area contributed by atoms with Gasteiger partial charge in [-0.3, -0.25) is 4.79 Å². The summed E-state index contributed by atoms with van der Waals surface area (Å²) in [6.07, 6.45) is 5.37. The molecule has 3 fully saturated rings. The Labute approximate surface area is 169 Å². The number of esters is 2. The Morgan fingerprint density at radius 3 is 2.93 bits per heavy atom. The van der Waals surface area contributed by atoms with Crippen molar-refractivity contribution in [3.63, 3.8) is 0 Å². The van der Waals surface area contributed by atoms with Gasteiger partial charge >= 0.3 is 11.9 Å². The minimum Gasteiger partial charge on any atom is -0.464 e. The highest BCUT2D eigenvalue weighted by molar-refractivity contribution is 5.86. The summed E-state index contributed by atoms with van der Waals surface area (Å²) in [4.78, 5) is 24.0. The average Bonchev–Trinajstić information content (AvgIpc) is 3.24. The summed E-state index contributed by atoms with van der Waals surface area (Å²) in [5.41, 5.74) is -1.00. The molecule has 1 aliphatic heterocycles. The Balaban J connectivity index is 1.58. The fourth-order valence-corrected chi connectivity index (χ4v) is 5.96. The molecule has 9 nitrogen and oxygen atoms in total. The standard InChI is InChI=1S/C20H29N3O6/c1-19-5-4-6-20(26,11-23-9-14(21-22-23)18(25)28-3)16(19)7-12-13(10-27-2)17(24)29-15(12)8-19/h9,12-13,15-16,26H,4-8,10-11H2,1-3H3/t12-,13+,15-,16-,19-,20+/m1/s1. The van der Waals surface area contributed by atoms with Crippen molar-refractivity contribution >= 4 is 11.9 Å². The van der Waals surface area contributed by atoms with Gasteiger partial charge in [0.05, 0.1) is 38.0 Å². The van der Waals surface area contributed by atoms with E-state index in [-0.39, 0.29) is 47.5 Å². The fourth-order valence-electron chi connectivity index (χ4n) is 5.96. The number of ether oxygens (including phenoxy) is 3. The Hall–Kier alpha value is -2.00. The van der Waals surface area contributed by atoms with Crippen LogP contribution in [0.1, 0.15) is 49.5 Å². The van der Waals surface area contributed by atoms with Crippen LogP contribution in [0.5, 0.6) is 0 Å². The number of aliphatic hydroxyl groups is 1. The van der Waals surface area contributed by atoms with E-state index in [9.17, 15) is 14.7 Å². The second-order valence-corrected chi connectivity index (χ2v) is 9.10. The molecule has 1 aromatic rings. The second-order valence-electron chi connectivity index (χ2n) is 9.10. The summed E-state index contributed by atoms with van der Waals surface area (Å²) in [5.74, 6) is -0.984. The number of nitrogens with zero attached hydrogens (tertiary/aromatic N) is 3. The number of carbonyl (C=O) groups excluding carboxylic acids is 2. The second kappa shape index (κ2) is 7.36. The molecule has 0 radical (unpaired) electrons. The van der Waals surface area contributed by atoms with Gasteiger partial charge in [-0.05, 0) is 43.4 Å². The molecule has 0 unspecified atom stereocenters. The molecule has 1 saturated heterocycles. The summed E-state index contributed by atoms with van der Waals surface area (Å²) in [6, 6.07) is 0. The van der Waals surface area contributed by atoms with E-state index in [1.165, 1.54) is 18.0 Å². The molecule has 2 aliphatic carbocycles. The molecule has 6 atom stereocenters. The van der Waals surface area contributed by atoms with Crippen LogP contribution >= 0.6 is 0 Å². The summed E-state index contributed by atoms with van der Waals surface area (Å²) in [7, 11) is 2.88. The van der Waals surface area contributed by atoms with Crippen LogP contribution in [0.3, 0.4) is 0 Å². The van der Waals surface area contributed by atoms with E-state index < -0.39 is 11.6 Å². The first-order chi connectivity index (χ1) is 13.8. The number of rotatable bonds is 5.